The van der Waals surface area contributed by atoms with Crippen LogP contribution < -0.4 is 5.56 Å². The van der Waals surface area contributed by atoms with E-state index in [0.29, 0.717) is 17.2 Å². The van der Waals surface area contributed by atoms with E-state index in [0.717, 1.165) is 22.4 Å². The van der Waals surface area contributed by atoms with Crippen LogP contribution in [-0.4, -0.2) is 24.3 Å². The summed E-state index contributed by atoms with van der Waals surface area (Å²) in [6.07, 6.45) is 3.42. The van der Waals surface area contributed by atoms with Crippen molar-refractivity contribution in [3.05, 3.63) is 94.9 Å². The Morgan fingerprint density at radius 1 is 0.966 bits per heavy atom. The third-order valence-electron chi connectivity index (χ3n) is 4.76. The van der Waals surface area contributed by atoms with Crippen molar-refractivity contribution in [3.8, 4) is 22.6 Å². The molecular weight excluding hydrogens is 366 g/mol. The molecule has 7 nitrogen and oxygen atoms in total. The van der Waals surface area contributed by atoms with E-state index in [9.17, 15) is 4.79 Å². The lowest BCUT2D eigenvalue weighted by Gasteiger charge is -2.01. The minimum Gasteiger partial charge on any atom is -0.337 e. The van der Waals surface area contributed by atoms with Gasteiger partial charge in [-0.3, -0.25) is 4.79 Å². The molecule has 0 unspecified atom stereocenters. The highest BCUT2D eigenvalue weighted by atomic mass is 16.5. The first-order chi connectivity index (χ1) is 14.2. The number of rotatable bonds is 4. The number of hydrogen-bond acceptors (Lipinski definition) is 5. The van der Waals surface area contributed by atoms with E-state index >= 15 is 0 Å². The average molecular weight is 383 g/mol. The van der Waals surface area contributed by atoms with Crippen molar-refractivity contribution < 1.29 is 4.52 Å². The average Bonchev–Trinajstić information content (AvgIpc) is 3.39. The summed E-state index contributed by atoms with van der Waals surface area (Å²) in [4.78, 5) is 17.3. The van der Waals surface area contributed by atoms with E-state index in [-0.39, 0.29) is 12.1 Å². The van der Waals surface area contributed by atoms with Crippen LogP contribution >= 0.6 is 0 Å². The fraction of sp³-hybridized carbons (Fsp3) is 0.0909. The summed E-state index contributed by atoms with van der Waals surface area (Å²) in [7, 11) is 0. The molecule has 3 heterocycles. The van der Waals surface area contributed by atoms with Gasteiger partial charge in [0.2, 0.25) is 11.7 Å². The van der Waals surface area contributed by atoms with Crippen LogP contribution in [0, 0.1) is 6.92 Å². The zero-order valence-electron chi connectivity index (χ0n) is 15.7. The van der Waals surface area contributed by atoms with Crippen LogP contribution in [-0.2, 0) is 6.54 Å². The molecule has 0 amide bonds. The van der Waals surface area contributed by atoms with Crippen molar-refractivity contribution >= 4 is 5.52 Å². The molecule has 0 atom stereocenters. The zero-order valence-corrected chi connectivity index (χ0v) is 15.7. The molecule has 0 N–H and O–H groups in total. The summed E-state index contributed by atoms with van der Waals surface area (Å²) >= 11 is 0. The number of nitrogens with zero attached hydrogens (tertiary/aromatic N) is 5. The van der Waals surface area contributed by atoms with Crippen LogP contribution in [0.25, 0.3) is 28.2 Å². The first kappa shape index (κ1) is 17.1. The van der Waals surface area contributed by atoms with Gasteiger partial charge in [0.15, 0.2) is 0 Å². The number of fused-ring (bicyclic) bond motifs is 1. The van der Waals surface area contributed by atoms with Gasteiger partial charge in [0.25, 0.3) is 5.56 Å². The molecule has 5 rings (SSSR count). The standard InChI is InChI=1S/C22H17N5O2/c1-15-7-9-17(10-8-15)21-23-20(29-25-21)14-26-11-12-27-19(22(26)28)13-18(24-27)16-5-3-2-4-6-16/h2-13H,14H2,1H3. The van der Waals surface area contributed by atoms with Crippen molar-refractivity contribution in [2.24, 2.45) is 0 Å². The predicted molar refractivity (Wildman–Crippen MR) is 108 cm³/mol. The van der Waals surface area contributed by atoms with Crippen LogP contribution in [0.1, 0.15) is 11.5 Å². The highest BCUT2D eigenvalue weighted by Gasteiger charge is 2.13. The van der Waals surface area contributed by atoms with Gasteiger partial charge in [-0.15, -0.1) is 0 Å². The van der Waals surface area contributed by atoms with Crippen LogP contribution in [0.15, 0.2) is 82.4 Å². The number of aromatic nitrogens is 5. The molecule has 0 radical (unpaired) electrons. The topological polar surface area (TPSA) is 78.2 Å². The highest BCUT2D eigenvalue weighted by Crippen LogP contribution is 2.18. The van der Waals surface area contributed by atoms with Crippen molar-refractivity contribution in [2.75, 3.05) is 0 Å². The number of benzene rings is 2. The normalized spacial score (nSPS) is 11.2. The Morgan fingerprint density at radius 2 is 1.76 bits per heavy atom. The third kappa shape index (κ3) is 3.23. The quantitative estimate of drug-likeness (QED) is 0.474. The molecule has 0 bridgehead atoms. The van der Waals surface area contributed by atoms with Crippen LogP contribution in [0.5, 0.6) is 0 Å². The van der Waals surface area contributed by atoms with Gasteiger partial charge in [-0.05, 0) is 13.0 Å². The van der Waals surface area contributed by atoms with Crippen LogP contribution in [0.3, 0.4) is 0 Å². The molecule has 3 aromatic heterocycles. The Labute approximate surface area is 165 Å². The Balaban J connectivity index is 1.46. The zero-order chi connectivity index (χ0) is 19.8. The Bertz CT molecular complexity index is 1350. The number of aryl methyl sites for hydroxylation is 1. The van der Waals surface area contributed by atoms with Crippen LogP contribution in [0.4, 0.5) is 0 Å². The van der Waals surface area contributed by atoms with E-state index < -0.39 is 0 Å². The van der Waals surface area contributed by atoms with Gasteiger partial charge in [-0.2, -0.15) is 10.1 Å². The molecule has 5 aromatic rings. The molecule has 0 saturated carbocycles. The summed E-state index contributed by atoms with van der Waals surface area (Å²) in [5, 5.41) is 8.52. The van der Waals surface area contributed by atoms with Gasteiger partial charge < -0.3 is 9.09 Å². The van der Waals surface area contributed by atoms with E-state index in [1.54, 1.807) is 23.0 Å². The summed E-state index contributed by atoms with van der Waals surface area (Å²) in [6, 6.07) is 19.4. The smallest absolute Gasteiger partial charge is 0.277 e. The molecule has 0 spiro atoms. The molecular formula is C22H17N5O2. The molecule has 29 heavy (non-hydrogen) atoms. The summed E-state index contributed by atoms with van der Waals surface area (Å²) in [5.41, 5.74) is 4.06. The van der Waals surface area contributed by atoms with E-state index in [2.05, 4.69) is 15.2 Å². The lowest BCUT2D eigenvalue weighted by molar-refractivity contribution is 0.370. The first-order valence-corrected chi connectivity index (χ1v) is 9.21. The van der Waals surface area contributed by atoms with Gasteiger partial charge in [0.05, 0.1) is 5.69 Å². The monoisotopic (exact) mass is 383 g/mol. The van der Waals surface area contributed by atoms with Gasteiger partial charge >= 0.3 is 0 Å². The SMILES string of the molecule is Cc1ccc(-c2noc(Cn3ccn4nc(-c5ccccc5)cc4c3=O)n2)cc1. The van der Waals surface area contributed by atoms with Crippen molar-refractivity contribution in [1.29, 1.82) is 0 Å². The van der Waals surface area contributed by atoms with Gasteiger partial charge in [0, 0.05) is 23.5 Å². The fourth-order valence-corrected chi connectivity index (χ4v) is 3.19. The maximum absolute atomic E-state index is 12.9. The van der Waals surface area contributed by atoms with Crippen molar-refractivity contribution in [2.45, 2.75) is 13.5 Å². The first-order valence-electron chi connectivity index (χ1n) is 9.21. The third-order valence-corrected chi connectivity index (χ3v) is 4.76. The molecule has 2 aromatic carbocycles. The largest absolute Gasteiger partial charge is 0.337 e. The maximum atomic E-state index is 12.9. The molecule has 0 aliphatic rings. The fourth-order valence-electron chi connectivity index (χ4n) is 3.19. The molecule has 142 valence electrons. The minimum atomic E-state index is -0.169. The van der Waals surface area contributed by atoms with Gasteiger partial charge in [-0.1, -0.05) is 65.3 Å². The van der Waals surface area contributed by atoms with Crippen molar-refractivity contribution in [1.82, 2.24) is 24.3 Å². The Kier molecular flexibility index (Phi) is 4.05. The molecule has 7 heteroatoms. The van der Waals surface area contributed by atoms with Gasteiger partial charge in [0.1, 0.15) is 12.1 Å². The summed E-state index contributed by atoms with van der Waals surface area (Å²) in [6.45, 7) is 2.22. The molecule has 0 aliphatic heterocycles. The minimum absolute atomic E-state index is 0.169. The highest BCUT2D eigenvalue weighted by molar-refractivity contribution is 5.65. The Hall–Kier alpha value is -4.00. The second kappa shape index (κ2) is 6.87. The molecule has 0 fully saturated rings. The summed E-state index contributed by atoms with van der Waals surface area (Å²) < 4.78 is 8.48. The van der Waals surface area contributed by atoms with Crippen molar-refractivity contribution in [3.63, 3.8) is 0 Å². The maximum Gasteiger partial charge on any atom is 0.277 e. The Morgan fingerprint density at radius 3 is 2.55 bits per heavy atom. The lowest BCUT2D eigenvalue weighted by atomic mass is 10.1. The van der Waals surface area contributed by atoms with E-state index in [1.165, 1.54) is 4.57 Å². The summed E-state index contributed by atoms with van der Waals surface area (Å²) in [5.74, 6) is 0.875. The van der Waals surface area contributed by atoms with E-state index in [1.807, 2.05) is 61.5 Å². The number of hydrogen-bond donors (Lipinski definition) is 0. The van der Waals surface area contributed by atoms with Crippen LogP contribution in [0.2, 0.25) is 0 Å². The van der Waals surface area contributed by atoms with Gasteiger partial charge in [-0.25, -0.2) is 4.52 Å². The molecule has 0 aliphatic carbocycles. The van der Waals surface area contributed by atoms with E-state index in [4.69, 9.17) is 4.52 Å². The molecule has 0 saturated heterocycles. The predicted octanol–water partition coefficient (Wildman–Crippen LogP) is 3.57. The second-order valence-corrected chi connectivity index (χ2v) is 6.83. The lowest BCUT2D eigenvalue weighted by Crippen LogP contribution is -2.21. The second-order valence-electron chi connectivity index (χ2n) is 6.83.